The predicted molar refractivity (Wildman–Crippen MR) is 149 cm³/mol. The minimum absolute atomic E-state index is 0.139. The van der Waals surface area contributed by atoms with Gasteiger partial charge in [-0.05, 0) is 55.7 Å². The molecular weight excluding hydrogens is 496 g/mol. The molecule has 39 heavy (non-hydrogen) atoms. The summed E-state index contributed by atoms with van der Waals surface area (Å²) in [6, 6.07) is 21.4. The molecule has 4 amide bonds. The highest BCUT2D eigenvalue weighted by Gasteiger charge is 2.36. The van der Waals surface area contributed by atoms with Crippen LogP contribution in [0.3, 0.4) is 0 Å². The van der Waals surface area contributed by atoms with Crippen molar-refractivity contribution in [3.05, 3.63) is 78.4 Å². The molecule has 3 aromatic rings. The van der Waals surface area contributed by atoms with Crippen LogP contribution in [-0.2, 0) is 19.1 Å². The quantitative estimate of drug-likeness (QED) is 0.284. The van der Waals surface area contributed by atoms with Crippen LogP contribution in [0.15, 0.2) is 72.8 Å². The van der Waals surface area contributed by atoms with Crippen molar-refractivity contribution < 1.29 is 23.9 Å². The zero-order valence-corrected chi connectivity index (χ0v) is 22.1. The summed E-state index contributed by atoms with van der Waals surface area (Å²) < 4.78 is 5.28. The Labute approximate surface area is 227 Å². The molecule has 0 aliphatic rings. The van der Waals surface area contributed by atoms with Crippen LogP contribution in [0.2, 0.25) is 0 Å². The maximum absolute atomic E-state index is 13.7. The van der Waals surface area contributed by atoms with E-state index in [0.29, 0.717) is 11.3 Å². The van der Waals surface area contributed by atoms with Crippen molar-refractivity contribution in [1.29, 1.82) is 0 Å². The number of hydrogen-bond donors (Lipinski definition) is 3. The Kier molecular flexibility index (Phi) is 9.29. The Hall–Kier alpha value is -4.84. The molecule has 3 aromatic carbocycles. The molecule has 9 nitrogen and oxygen atoms in total. The van der Waals surface area contributed by atoms with Gasteiger partial charge in [-0.25, -0.2) is 4.79 Å². The van der Waals surface area contributed by atoms with Gasteiger partial charge in [0.2, 0.25) is 5.91 Å². The topological polar surface area (TPSA) is 131 Å². The smallest absolute Gasteiger partial charge is 0.408 e. The molecule has 0 aliphatic heterocycles. The van der Waals surface area contributed by atoms with Crippen molar-refractivity contribution in [2.24, 2.45) is 5.73 Å². The van der Waals surface area contributed by atoms with E-state index in [9.17, 15) is 19.2 Å². The van der Waals surface area contributed by atoms with E-state index in [0.717, 1.165) is 15.7 Å². The summed E-state index contributed by atoms with van der Waals surface area (Å²) in [7, 11) is 0. The van der Waals surface area contributed by atoms with Gasteiger partial charge < -0.3 is 21.1 Å². The second kappa shape index (κ2) is 12.6. The molecule has 0 aromatic heterocycles. The molecule has 4 N–H and O–H groups in total. The lowest BCUT2D eigenvalue weighted by Crippen LogP contribution is -2.51. The minimum Gasteiger partial charge on any atom is -0.444 e. The summed E-state index contributed by atoms with van der Waals surface area (Å²) >= 11 is 0. The third-order valence-electron chi connectivity index (χ3n) is 5.68. The molecular formula is C30H32N4O5. The number of nitrogens with one attached hydrogen (secondary N) is 2. The van der Waals surface area contributed by atoms with Crippen molar-refractivity contribution in [2.75, 3.05) is 5.32 Å². The molecule has 9 heteroatoms. The van der Waals surface area contributed by atoms with E-state index in [-0.39, 0.29) is 12.8 Å². The van der Waals surface area contributed by atoms with Crippen LogP contribution in [0.5, 0.6) is 0 Å². The number of benzene rings is 3. The van der Waals surface area contributed by atoms with Crippen molar-refractivity contribution in [3.8, 4) is 12.5 Å². The lowest BCUT2D eigenvalue weighted by Gasteiger charge is -2.30. The number of rotatable bonds is 9. The van der Waals surface area contributed by atoms with Gasteiger partial charge in [0.1, 0.15) is 17.7 Å². The molecule has 0 aliphatic carbocycles. The van der Waals surface area contributed by atoms with Gasteiger partial charge in [-0.3, -0.25) is 19.3 Å². The number of primary amides is 1. The molecule has 0 fully saturated rings. The molecule has 2 atom stereocenters. The molecule has 0 radical (unpaired) electrons. The zero-order chi connectivity index (χ0) is 28.6. The van der Waals surface area contributed by atoms with Gasteiger partial charge in [0, 0.05) is 18.2 Å². The third-order valence-corrected chi connectivity index (χ3v) is 5.68. The third kappa shape index (κ3) is 8.07. The summed E-state index contributed by atoms with van der Waals surface area (Å²) in [5.74, 6) is -2.00. The van der Waals surface area contributed by atoms with Crippen LogP contribution in [-0.4, -0.2) is 40.4 Å². The highest BCUT2D eigenvalue weighted by Crippen LogP contribution is 2.26. The molecule has 0 saturated carbocycles. The number of terminal acetylenes is 1. The van der Waals surface area contributed by atoms with Gasteiger partial charge in [-0.2, -0.15) is 0 Å². The number of fused-ring (bicyclic) bond motifs is 1. The maximum Gasteiger partial charge on any atom is 0.408 e. The van der Waals surface area contributed by atoms with Crippen LogP contribution in [0, 0.1) is 12.5 Å². The number of amides is 4. The normalized spacial score (nSPS) is 12.5. The van der Waals surface area contributed by atoms with Crippen LogP contribution < -0.4 is 16.4 Å². The predicted octanol–water partition coefficient (Wildman–Crippen LogP) is 4.10. The summed E-state index contributed by atoms with van der Waals surface area (Å²) in [5, 5.41) is 7.24. The highest BCUT2D eigenvalue weighted by molar-refractivity contribution is 6.01. The first-order valence-electron chi connectivity index (χ1n) is 12.4. The minimum atomic E-state index is -1.27. The van der Waals surface area contributed by atoms with Gasteiger partial charge >= 0.3 is 6.09 Å². The zero-order valence-electron chi connectivity index (χ0n) is 22.1. The second-order valence-corrected chi connectivity index (χ2v) is 9.91. The first kappa shape index (κ1) is 28.7. The number of ether oxygens (including phenoxy) is 1. The van der Waals surface area contributed by atoms with Gasteiger partial charge in [0.05, 0.1) is 0 Å². The molecule has 2 unspecified atom stereocenters. The van der Waals surface area contributed by atoms with E-state index in [1.165, 1.54) is 0 Å². The summed E-state index contributed by atoms with van der Waals surface area (Å²) in [6.07, 6.45) is 4.56. The first-order valence-corrected chi connectivity index (χ1v) is 12.4. The number of carbonyl (C=O) groups is 4. The summed E-state index contributed by atoms with van der Waals surface area (Å²) in [5.41, 5.74) is 5.43. The lowest BCUT2D eigenvalue weighted by atomic mass is 10.0. The van der Waals surface area contributed by atoms with E-state index < -0.39 is 41.5 Å². The number of hydrogen-bond acceptors (Lipinski definition) is 5. The van der Waals surface area contributed by atoms with E-state index >= 15 is 0 Å². The van der Waals surface area contributed by atoms with Crippen LogP contribution in [0.1, 0.15) is 45.2 Å². The Morgan fingerprint density at radius 1 is 0.974 bits per heavy atom. The van der Waals surface area contributed by atoms with Gasteiger partial charge in [0.25, 0.3) is 11.8 Å². The van der Waals surface area contributed by atoms with E-state index in [4.69, 9.17) is 16.9 Å². The maximum atomic E-state index is 13.7. The van der Waals surface area contributed by atoms with E-state index in [1.54, 1.807) is 57.2 Å². The van der Waals surface area contributed by atoms with Crippen LogP contribution in [0.4, 0.5) is 10.5 Å². The van der Waals surface area contributed by atoms with Gasteiger partial charge in [0.15, 0.2) is 0 Å². The summed E-state index contributed by atoms with van der Waals surface area (Å²) in [4.78, 5) is 52.3. The monoisotopic (exact) mass is 528 g/mol. The Bertz CT molecular complexity index is 1390. The number of nitrogens with two attached hydrogens (primary N) is 1. The number of carbonyl (C=O) groups excluding carboxylic acids is 4. The fourth-order valence-corrected chi connectivity index (χ4v) is 3.96. The van der Waals surface area contributed by atoms with Gasteiger partial charge in [-0.1, -0.05) is 67.1 Å². The van der Waals surface area contributed by atoms with E-state index in [2.05, 4.69) is 16.7 Å². The molecule has 0 bridgehead atoms. The Morgan fingerprint density at radius 3 is 2.23 bits per heavy atom. The Balaban J connectivity index is 1.94. The average Bonchev–Trinajstić information content (AvgIpc) is 2.88. The molecule has 0 spiro atoms. The molecule has 202 valence electrons. The highest BCUT2D eigenvalue weighted by atomic mass is 16.6. The van der Waals surface area contributed by atoms with Crippen LogP contribution in [0.25, 0.3) is 10.8 Å². The number of alkyl carbamates (subject to hydrolysis) is 1. The number of nitrogens with zero attached hydrogens (tertiary/aromatic N) is 1. The molecule has 0 heterocycles. The lowest BCUT2D eigenvalue weighted by molar-refractivity contribution is -0.137. The van der Waals surface area contributed by atoms with Crippen molar-refractivity contribution in [2.45, 2.75) is 51.3 Å². The standard InChI is InChI=1S/C30H32N4O5/c1-5-34(28(37)24(17-18-25(31)35)33-29(38)39-30(2,3)4)26(21-12-7-6-8-13-21)27(36)32-23-16-15-20-11-9-10-14-22(20)19-23/h1,6-16,19,24,26H,17-18H2,2-4H3,(H2,31,35)(H,32,36)(H,33,38). The second-order valence-electron chi connectivity index (χ2n) is 9.91. The van der Waals surface area contributed by atoms with Crippen molar-refractivity contribution >= 4 is 40.3 Å². The largest absolute Gasteiger partial charge is 0.444 e. The average molecular weight is 529 g/mol. The SMILES string of the molecule is C#CN(C(=O)C(CCC(N)=O)NC(=O)OC(C)(C)C)C(C(=O)Nc1ccc2ccccc2c1)c1ccccc1. The summed E-state index contributed by atoms with van der Waals surface area (Å²) in [6.45, 7) is 5.01. The first-order chi connectivity index (χ1) is 18.5. The molecule has 3 rings (SSSR count). The Morgan fingerprint density at radius 2 is 1.62 bits per heavy atom. The molecule has 0 saturated heterocycles. The fraction of sp³-hybridized carbons (Fsp3) is 0.267. The van der Waals surface area contributed by atoms with Crippen LogP contribution >= 0.6 is 0 Å². The van der Waals surface area contributed by atoms with Crippen molar-refractivity contribution in [3.63, 3.8) is 0 Å². The fourth-order valence-electron chi connectivity index (χ4n) is 3.96. The number of anilines is 1. The van der Waals surface area contributed by atoms with E-state index in [1.807, 2.05) is 36.4 Å². The van der Waals surface area contributed by atoms with Crippen molar-refractivity contribution in [1.82, 2.24) is 10.2 Å². The van der Waals surface area contributed by atoms with Gasteiger partial charge in [-0.15, -0.1) is 0 Å².